The summed E-state index contributed by atoms with van der Waals surface area (Å²) in [5.74, 6) is -0.350. The van der Waals surface area contributed by atoms with Gasteiger partial charge in [-0.25, -0.2) is 13.1 Å². The van der Waals surface area contributed by atoms with Crippen molar-refractivity contribution in [2.45, 2.75) is 32.1 Å². The lowest BCUT2D eigenvalue weighted by molar-refractivity contribution is -0.125. The van der Waals surface area contributed by atoms with E-state index in [1.165, 1.54) is 20.8 Å². The Morgan fingerprint density at radius 3 is 2.25 bits per heavy atom. The minimum absolute atomic E-state index is 0.383. The number of nitriles is 1. The molecule has 20 heavy (non-hydrogen) atoms. The van der Waals surface area contributed by atoms with Gasteiger partial charge in [-0.05, 0) is 45.0 Å². The van der Waals surface area contributed by atoms with Gasteiger partial charge >= 0.3 is 0 Å². The minimum Gasteiger partial charge on any atom is -0.481 e. The molecule has 1 atom stereocenters. The molecule has 0 bridgehead atoms. The van der Waals surface area contributed by atoms with Crippen LogP contribution in [0.4, 0.5) is 0 Å². The number of hydrogen-bond acceptors (Lipinski definition) is 5. The summed E-state index contributed by atoms with van der Waals surface area (Å²) in [6.45, 7) is 4.40. The van der Waals surface area contributed by atoms with Crippen LogP contribution >= 0.6 is 0 Å². The van der Waals surface area contributed by atoms with Crippen molar-refractivity contribution in [3.63, 3.8) is 0 Å². The monoisotopic (exact) mass is 296 g/mol. The lowest BCUT2D eigenvalue weighted by Crippen LogP contribution is -2.42. The molecular formula is C13H16N2O4S. The molecule has 0 aliphatic rings. The van der Waals surface area contributed by atoms with E-state index in [1.54, 1.807) is 24.3 Å². The molecule has 1 aromatic carbocycles. The van der Waals surface area contributed by atoms with Crippen molar-refractivity contribution in [1.29, 1.82) is 5.26 Å². The molecule has 0 saturated heterocycles. The first-order valence-electron chi connectivity index (χ1n) is 5.98. The average molecular weight is 296 g/mol. The minimum atomic E-state index is -3.67. The number of nitrogens with zero attached hydrogens (tertiary/aromatic N) is 1. The van der Waals surface area contributed by atoms with E-state index < -0.39 is 27.3 Å². The van der Waals surface area contributed by atoms with E-state index in [-0.39, 0.29) is 0 Å². The lowest BCUT2D eigenvalue weighted by Gasteiger charge is -2.16. The van der Waals surface area contributed by atoms with Gasteiger partial charge in [-0.3, -0.25) is 4.79 Å². The Bertz CT molecular complexity index is 615. The van der Waals surface area contributed by atoms with Crippen LogP contribution in [-0.2, 0) is 14.8 Å². The molecule has 0 unspecified atom stereocenters. The zero-order valence-electron chi connectivity index (χ0n) is 11.5. The Morgan fingerprint density at radius 1 is 1.25 bits per heavy atom. The molecule has 108 valence electrons. The Hall–Kier alpha value is -2.07. The van der Waals surface area contributed by atoms with E-state index in [0.29, 0.717) is 11.3 Å². The van der Waals surface area contributed by atoms with Crippen molar-refractivity contribution in [3.05, 3.63) is 29.8 Å². The highest BCUT2D eigenvalue weighted by Crippen LogP contribution is 2.13. The van der Waals surface area contributed by atoms with Gasteiger partial charge in [-0.15, -0.1) is 0 Å². The maximum atomic E-state index is 11.7. The van der Waals surface area contributed by atoms with E-state index in [1.807, 2.05) is 10.8 Å². The second-order valence-electron chi connectivity index (χ2n) is 4.46. The third-order valence-corrected chi connectivity index (χ3v) is 4.26. The lowest BCUT2D eigenvalue weighted by atomic mass is 10.2. The molecule has 0 heterocycles. The largest absolute Gasteiger partial charge is 0.481 e. The Labute approximate surface area is 118 Å². The first-order chi connectivity index (χ1) is 9.26. The number of benzene rings is 1. The molecule has 1 rings (SSSR count). The average Bonchev–Trinajstić information content (AvgIpc) is 2.38. The Morgan fingerprint density at radius 2 is 1.80 bits per heavy atom. The highest BCUT2D eigenvalue weighted by Gasteiger charge is 2.23. The van der Waals surface area contributed by atoms with Crippen molar-refractivity contribution in [1.82, 2.24) is 4.72 Å². The third kappa shape index (κ3) is 4.24. The topological polar surface area (TPSA) is 96.3 Å². The van der Waals surface area contributed by atoms with Crippen LogP contribution in [-0.4, -0.2) is 25.7 Å². The normalized spacial score (nSPS) is 12.6. The van der Waals surface area contributed by atoms with Crippen LogP contribution in [0.2, 0.25) is 0 Å². The van der Waals surface area contributed by atoms with Crippen LogP contribution in [0.1, 0.15) is 26.3 Å². The van der Waals surface area contributed by atoms with E-state index in [4.69, 9.17) is 10.00 Å². The number of ether oxygens (including phenoxy) is 1. The fraction of sp³-hybridized carbons (Fsp3) is 0.385. The van der Waals surface area contributed by atoms with Gasteiger partial charge in [0.05, 0.1) is 16.9 Å². The molecule has 0 fully saturated rings. The zero-order valence-corrected chi connectivity index (χ0v) is 12.3. The zero-order chi connectivity index (χ0) is 15.3. The number of nitrogens with one attached hydrogen (secondary N) is 1. The van der Waals surface area contributed by atoms with Crippen LogP contribution < -0.4 is 9.46 Å². The van der Waals surface area contributed by atoms with Gasteiger partial charge in [0.1, 0.15) is 5.75 Å². The number of rotatable bonds is 5. The summed E-state index contributed by atoms with van der Waals surface area (Å²) in [4.78, 5) is 11.7. The van der Waals surface area contributed by atoms with Crippen molar-refractivity contribution in [2.75, 3.05) is 0 Å². The Balaban J connectivity index is 2.69. The summed E-state index contributed by atoms with van der Waals surface area (Å²) in [5, 5.41) is 7.96. The predicted octanol–water partition coefficient (Wildman–Crippen LogP) is 1.18. The molecule has 0 spiro atoms. The molecule has 0 saturated carbocycles. The summed E-state index contributed by atoms with van der Waals surface area (Å²) in [6.07, 6.45) is -0.962. The van der Waals surface area contributed by atoms with Crippen LogP contribution in [0.3, 0.4) is 0 Å². The molecule has 0 aliphatic heterocycles. The van der Waals surface area contributed by atoms with Gasteiger partial charge < -0.3 is 4.74 Å². The van der Waals surface area contributed by atoms with Crippen molar-refractivity contribution in [3.8, 4) is 11.8 Å². The van der Waals surface area contributed by atoms with Gasteiger partial charge in [0.2, 0.25) is 10.0 Å². The second-order valence-corrected chi connectivity index (χ2v) is 6.69. The van der Waals surface area contributed by atoms with E-state index >= 15 is 0 Å². The number of hydrogen-bond donors (Lipinski definition) is 1. The summed E-state index contributed by atoms with van der Waals surface area (Å²) < 4.78 is 30.4. The summed E-state index contributed by atoms with van der Waals surface area (Å²) in [7, 11) is -3.67. The van der Waals surface area contributed by atoms with Gasteiger partial charge in [-0.2, -0.15) is 5.26 Å². The molecule has 0 aromatic heterocycles. The van der Waals surface area contributed by atoms with E-state index in [9.17, 15) is 13.2 Å². The summed E-state index contributed by atoms with van der Waals surface area (Å²) in [6, 6.07) is 8.13. The molecule has 6 nitrogen and oxygen atoms in total. The number of carbonyl (C=O) groups is 1. The highest BCUT2D eigenvalue weighted by molar-refractivity contribution is 7.90. The smallest absolute Gasteiger partial charge is 0.274 e. The fourth-order valence-electron chi connectivity index (χ4n) is 1.21. The third-order valence-electron chi connectivity index (χ3n) is 2.53. The van der Waals surface area contributed by atoms with Gasteiger partial charge in [0.25, 0.3) is 5.91 Å². The van der Waals surface area contributed by atoms with E-state index in [2.05, 4.69) is 0 Å². The molecule has 0 aliphatic carbocycles. The first-order valence-corrected chi connectivity index (χ1v) is 7.53. The molecule has 1 N–H and O–H groups in total. The first kappa shape index (κ1) is 16.0. The van der Waals surface area contributed by atoms with Gasteiger partial charge in [0.15, 0.2) is 6.10 Å². The maximum absolute atomic E-state index is 11.7. The quantitative estimate of drug-likeness (QED) is 0.880. The number of carbonyl (C=O) groups excluding carboxylic acids is 1. The molecular weight excluding hydrogens is 280 g/mol. The van der Waals surface area contributed by atoms with Crippen LogP contribution in [0, 0.1) is 11.3 Å². The highest BCUT2D eigenvalue weighted by atomic mass is 32.2. The Kier molecular flexibility index (Phi) is 5.11. The van der Waals surface area contributed by atoms with E-state index in [0.717, 1.165) is 0 Å². The standard InChI is InChI=1S/C13H16N2O4S/c1-9(2)20(17,18)15-13(16)10(3)19-12-6-4-11(8-14)5-7-12/h4-7,9-10H,1-3H3,(H,15,16)/t10-/m1/s1. The van der Waals surface area contributed by atoms with Crippen molar-refractivity contribution < 1.29 is 17.9 Å². The summed E-state index contributed by atoms with van der Waals surface area (Å²) in [5.41, 5.74) is 0.469. The summed E-state index contributed by atoms with van der Waals surface area (Å²) >= 11 is 0. The van der Waals surface area contributed by atoms with Crippen LogP contribution in [0.5, 0.6) is 5.75 Å². The van der Waals surface area contributed by atoms with Gasteiger partial charge in [-0.1, -0.05) is 0 Å². The van der Waals surface area contributed by atoms with Crippen molar-refractivity contribution in [2.24, 2.45) is 0 Å². The molecule has 1 amide bonds. The van der Waals surface area contributed by atoms with Crippen LogP contribution in [0.25, 0.3) is 0 Å². The SMILES string of the molecule is CC(C)S(=O)(=O)NC(=O)[C@@H](C)Oc1ccc(C#N)cc1. The van der Waals surface area contributed by atoms with Gasteiger partial charge in [0, 0.05) is 0 Å². The molecule has 0 radical (unpaired) electrons. The molecule has 1 aromatic rings. The molecule has 7 heteroatoms. The maximum Gasteiger partial charge on any atom is 0.274 e. The van der Waals surface area contributed by atoms with Crippen LogP contribution in [0.15, 0.2) is 24.3 Å². The number of sulfonamides is 1. The number of amides is 1. The second kappa shape index (κ2) is 6.39. The van der Waals surface area contributed by atoms with Crippen molar-refractivity contribution >= 4 is 15.9 Å². The predicted molar refractivity (Wildman–Crippen MR) is 73.4 cm³/mol. The fourth-order valence-corrected chi connectivity index (χ4v) is 1.89.